The van der Waals surface area contributed by atoms with Gasteiger partial charge in [-0.1, -0.05) is 47.7 Å². The summed E-state index contributed by atoms with van der Waals surface area (Å²) in [6, 6.07) is 15.4. The van der Waals surface area contributed by atoms with Gasteiger partial charge in [0.05, 0.1) is 23.9 Å². The fourth-order valence-electron chi connectivity index (χ4n) is 4.47. The van der Waals surface area contributed by atoms with Gasteiger partial charge in [-0.05, 0) is 68.5 Å². The summed E-state index contributed by atoms with van der Waals surface area (Å²) < 4.78 is 6.96. The number of hydrazone groups is 1. The van der Waals surface area contributed by atoms with Crippen LogP contribution in [0.4, 0.5) is 0 Å². The smallest absolute Gasteiger partial charge is 0.267 e. The van der Waals surface area contributed by atoms with Crippen molar-refractivity contribution in [2.24, 2.45) is 5.10 Å². The standard InChI is InChI=1S/C29H28N4O3S2/c1-19-13-15-21(16-14-19)33-28(35)26-22-10-4-6-12-24(22)38-27(26)31-29(33)37-18-25(34)32-30-17-7-9-20-8-3-5-11-23(20)36-2/h3,5,7-9,11,13-17H,4,6,10,12,18H2,1-2H3,(H,32,34)/b9-7-,30-17+. The predicted molar refractivity (Wildman–Crippen MR) is 156 cm³/mol. The van der Waals surface area contributed by atoms with Gasteiger partial charge in [0, 0.05) is 16.7 Å². The summed E-state index contributed by atoms with van der Waals surface area (Å²) in [5, 5.41) is 5.23. The van der Waals surface area contributed by atoms with E-state index in [4.69, 9.17) is 9.72 Å². The van der Waals surface area contributed by atoms with Crippen LogP contribution in [0.1, 0.15) is 34.4 Å². The number of para-hydroxylation sites is 1. The van der Waals surface area contributed by atoms with E-state index in [1.807, 2.05) is 61.5 Å². The summed E-state index contributed by atoms with van der Waals surface area (Å²) in [7, 11) is 1.62. The number of aromatic nitrogens is 2. The van der Waals surface area contributed by atoms with Gasteiger partial charge in [-0.3, -0.25) is 14.2 Å². The Morgan fingerprint density at radius 2 is 1.97 bits per heavy atom. The van der Waals surface area contributed by atoms with Crippen LogP contribution in [0, 0.1) is 6.92 Å². The highest BCUT2D eigenvalue weighted by Gasteiger charge is 2.23. The third kappa shape index (κ3) is 5.58. The molecule has 5 rings (SSSR count). The minimum absolute atomic E-state index is 0.0688. The number of nitrogens with zero attached hydrogens (tertiary/aromatic N) is 3. The minimum atomic E-state index is -0.285. The van der Waals surface area contributed by atoms with Gasteiger partial charge in [0.25, 0.3) is 11.5 Å². The predicted octanol–water partition coefficient (Wildman–Crippen LogP) is 5.55. The number of amides is 1. The van der Waals surface area contributed by atoms with Crippen LogP contribution in [-0.2, 0) is 17.6 Å². The highest BCUT2D eigenvalue weighted by molar-refractivity contribution is 7.99. The molecule has 194 valence electrons. The maximum atomic E-state index is 13.8. The second-order valence-electron chi connectivity index (χ2n) is 8.96. The van der Waals surface area contributed by atoms with Crippen molar-refractivity contribution in [3.8, 4) is 11.4 Å². The van der Waals surface area contributed by atoms with E-state index in [9.17, 15) is 9.59 Å². The number of aryl methyl sites for hydroxylation is 3. The van der Waals surface area contributed by atoms with Crippen LogP contribution < -0.4 is 15.7 Å². The van der Waals surface area contributed by atoms with E-state index in [0.717, 1.165) is 64.0 Å². The monoisotopic (exact) mass is 544 g/mol. The van der Waals surface area contributed by atoms with Gasteiger partial charge in [0.1, 0.15) is 10.6 Å². The summed E-state index contributed by atoms with van der Waals surface area (Å²) in [6.07, 6.45) is 9.24. The number of fused-ring (bicyclic) bond motifs is 3. The van der Waals surface area contributed by atoms with Gasteiger partial charge in [0.15, 0.2) is 5.16 Å². The quantitative estimate of drug-likeness (QED) is 0.136. The lowest BCUT2D eigenvalue weighted by atomic mass is 9.97. The Labute approximate surface area is 229 Å². The lowest BCUT2D eigenvalue weighted by Gasteiger charge is -2.13. The number of thiophene rings is 1. The summed E-state index contributed by atoms with van der Waals surface area (Å²) in [6.45, 7) is 2.01. The number of hydrogen-bond donors (Lipinski definition) is 1. The molecule has 38 heavy (non-hydrogen) atoms. The summed E-state index contributed by atoms with van der Waals surface area (Å²) >= 11 is 2.84. The van der Waals surface area contributed by atoms with Crippen molar-refractivity contribution in [3.05, 3.63) is 86.5 Å². The summed E-state index contributed by atoms with van der Waals surface area (Å²) in [5.74, 6) is 0.545. The van der Waals surface area contributed by atoms with Crippen LogP contribution in [0.2, 0.25) is 0 Å². The van der Waals surface area contributed by atoms with Crippen LogP contribution in [-0.4, -0.2) is 34.5 Å². The second-order valence-corrected chi connectivity index (χ2v) is 11.0. The Hall–Kier alpha value is -3.69. The van der Waals surface area contributed by atoms with E-state index < -0.39 is 0 Å². The summed E-state index contributed by atoms with van der Waals surface area (Å²) in [4.78, 5) is 33.2. The molecule has 1 N–H and O–H groups in total. The zero-order valence-corrected chi connectivity index (χ0v) is 22.9. The minimum Gasteiger partial charge on any atom is -0.496 e. The highest BCUT2D eigenvalue weighted by Crippen LogP contribution is 2.35. The zero-order chi connectivity index (χ0) is 26.5. The first-order chi connectivity index (χ1) is 18.5. The lowest BCUT2D eigenvalue weighted by molar-refractivity contribution is -0.118. The lowest BCUT2D eigenvalue weighted by Crippen LogP contribution is -2.24. The van der Waals surface area contributed by atoms with Crippen molar-refractivity contribution in [1.82, 2.24) is 15.0 Å². The van der Waals surface area contributed by atoms with Gasteiger partial charge in [-0.15, -0.1) is 11.3 Å². The fourth-order valence-corrected chi connectivity index (χ4v) is 6.58. The molecule has 2 aromatic carbocycles. The highest BCUT2D eigenvalue weighted by atomic mass is 32.2. The molecule has 0 spiro atoms. The number of methoxy groups -OCH3 is 1. The molecule has 0 unspecified atom stereocenters. The van der Waals surface area contributed by atoms with Crippen molar-refractivity contribution in [3.63, 3.8) is 0 Å². The molecule has 1 aliphatic carbocycles. The van der Waals surface area contributed by atoms with E-state index in [-0.39, 0.29) is 17.2 Å². The normalized spacial score (nSPS) is 13.3. The maximum absolute atomic E-state index is 13.8. The molecule has 0 saturated carbocycles. The fraction of sp³-hybridized carbons (Fsp3) is 0.241. The second kappa shape index (κ2) is 11.8. The van der Waals surface area contributed by atoms with Gasteiger partial charge in [0.2, 0.25) is 0 Å². The number of rotatable bonds is 8. The van der Waals surface area contributed by atoms with Crippen LogP contribution in [0.15, 0.2) is 69.7 Å². The van der Waals surface area contributed by atoms with Crippen LogP contribution in [0.5, 0.6) is 5.75 Å². The topological polar surface area (TPSA) is 85.6 Å². The molecule has 2 aromatic heterocycles. The Morgan fingerprint density at radius 1 is 1.18 bits per heavy atom. The molecule has 4 aromatic rings. The van der Waals surface area contributed by atoms with Gasteiger partial charge < -0.3 is 4.74 Å². The molecule has 0 atom stereocenters. The van der Waals surface area contributed by atoms with E-state index in [2.05, 4.69) is 10.5 Å². The van der Waals surface area contributed by atoms with Gasteiger partial charge in [-0.2, -0.15) is 5.10 Å². The molecule has 1 aliphatic rings. The third-order valence-corrected chi connectivity index (χ3v) is 8.47. The Bertz CT molecular complexity index is 1590. The Balaban J connectivity index is 1.34. The molecule has 0 bridgehead atoms. The molecule has 0 fully saturated rings. The molecular formula is C29H28N4O3S2. The third-order valence-electron chi connectivity index (χ3n) is 6.35. The molecule has 2 heterocycles. The number of nitrogens with one attached hydrogen (secondary N) is 1. The van der Waals surface area contributed by atoms with Crippen molar-refractivity contribution in [2.75, 3.05) is 12.9 Å². The maximum Gasteiger partial charge on any atom is 0.267 e. The van der Waals surface area contributed by atoms with Crippen LogP contribution in [0.3, 0.4) is 0 Å². The SMILES string of the molecule is COc1ccccc1/C=C\C=N\NC(=O)CSc1nc2sc3c(c2c(=O)n1-c1ccc(C)cc1)CCCC3. The largest absolute Gasteiger partial charge is 0.496 e. The first-order valence-electron chi connectivity index (χ1n) is 12.4. The van der Waals surface area contributed by atoms with E-state index in [1.165, 1.54) is 22.9 Å². The zero-order valence-electron chi connectivity index (χ0n) is 21.3. The number of ether oxygens (including phenoxy) is 1. The Kier molecular flexibility index (Phi) is 8.05. The average molecular weight is 545 g/mol. The van der Waals surface area contributed by atoms with Crippen LogP contribution >= 0.6 is 23.1 Å². The Morgan fingerprint density at radius 3 is 2.79 bits per heavy atom. The van der Waals surface area contributed by atoms with Crippen molar-refractivity contribution in [2.45, 2.75) is 37.8 Å². The van der Waals surface area contributed by atoms with Crippen molar-refractivity contribution < 1.29 is 9.53 Å². The molecule has 0 aliphatic heterocycles. The van der Waals surface area contributed by atoms with E-state index in [0.29, 0.717) is 5.16 Å². The number of carbonyl (C=O) groups excluding carboxylic acids is 1. The summed E-state index contributed by atoms with van der Waals surface area (Å²) in [5.41, 5.74) is 6.39. The van der Waals surface area contributed by atoms with Gasteiger partial charge >= 0.3 is 0 Å². The average Bonchev–Trinajstić information content (AvgIpc) is 3.31. The molecule has 1 amide bonds. The number of benzene rings is 2. The van der Waals surface area contributed by atoms with Crippen LogP contribution in [0.25, 0.3) is 22.0 Å². The molecule has 7 nitrogen and oxygen atoms in total. The van der Waals surface area contributed by atoms with Gasteiger partial charge in [-0.25, -0.2) is 10.4 Å². The molecule has 0 radical (unpaired) electrons. The number of thioether (sulfide) groups is 1. The number of carbonyl (C=O) groups is 1. The van der Waals surface area contributed by atoms with Crippen molar-refractivity contribution in [1.29, 1.82) is 0 Å². The number of hydrogen-bond acceptors (Lipinski definition) is 7. The number of allylic oxidation sites excluding steroid dienone is 1. The molecular weight excluding hydrogens is 516 g/mol. The molecule has 9 heteroatoms. The molecule has 0 saturated heterocycles. The first-order valence-corrected chi connectivity index (χ1v) is 14.2. The first kappa shape index (κ1) is 25.9. The van der Waals surface area contributed by atoms with Crippen molar-refractivity contribution >= 4 is 51.5 Å². The van der Waals surface area contributed by atoms with E-state index >= 15 is 0 Å². The van der Waals surface area contributed by atoms with E-state index in [1.54, 1.807) is 29.1 Å².